The first-order valence-corrected chi connectivity index (χ1v) is 9.13. The number of aromatic nitrogens is 2. The van der Waals surface area contributed by atoms with Gasteiger partial charge in [-0.2, -0.15) is 5.10 Å². The predicted molar refractivity (Wildman–Crippen MR) is 102 cm³/mol. The van der Waals surface area contributed by atoms with Crippen LogP contribution in [0.25, 0.3) is 0 Å². The lowest BCUT2D eigenvalue weighted by molar-refractivity contribution is 0.481. The lowest BCUT2D eigenvalue weighted by atomic mass is 9.93. The van der Waals surface area contributed by atoms with E-state index in [1.54, 1.807) is 6.20 Å². The first-order valence-electron chi connectivity index (χ1n) is 7.54. The van der Waals surface area contributed by atoms with Gasteiger partial charge in [-0.25, -0.2) is 4.98 Å². The predicted octanol–water partition coefficient (Wildman–Crippen LogP) is 4.70. The zero-order valence-electron chi connectivity index (χ0n) is 12.6. The molecule has 0 radical (unpaired) electrons. The second-order valence-electron chi connectivity index (χ2n) is 5.62. The first-order chi connectivity index (χ1) is 11.7. The van der Waals surface area contributed by atoms with E-state index in [0.29, 0.717) is 0 Å². The number of nitrogens with one attached hydrogen (secondary N) is 1. The Hall–Kier alpha value is -1.92. The zero-order valence-corrected chi connectivity index (χ0v) is 15.8. The van der Waals surface area contributed by atoms with Crippen molar-refractivity contribution in [3.63, 3.8) is 0 Å². The Morgan fingerprint density at radius 2 is 1.58 bits per heavy atom. The van der Waals surface area contributed by atoms with Crippen molar-refractivity contribution in [2.75, 3.05) is 0 Å². The van der Waals surface area contributed by atoms with E-state index in [9.17, 15) is 0 Å². The molecule has 2 aromatic carbocycles. The van der Waals surface area contributed by atoms with Crippen LogP contribution in [-0.4, -0.2) is 15.3 Å². The molecular formula is C18H14Br2N4. The first kappa shape index (κ1) is 15.6. The van der Waals surface area contributed by atoms with E-state index >= 15 is 0 Å². The van der Waals surface area contributed by atoms with E-state index in [4.69, 9.17) is 0 Å². The van der Waals surface area contributed by atoms with Gasteiger partial charge in [0.05, 0.1) is 18.1 Å². The van der Waals surface area contributed by atoms with Crippen molar-refractivity contribution >= 4 is 37.6 Å². The molecule has 0 aliphatic carbocycles. The fourth-order valence-corrected chi connectivity index (χ4v) is 3.49. The second-order valence-corrected chi connectivity index (χ2v) is 7.45. The molecule has 6 heteroatoms. The maximum atomic E-state index is 4.64. The Bertz CT molecular complexity index is 855. The Kier molecular flexibility index (Phi) is 4.24. The van der Waals surface area contributed by atoms with Gasteiger partial charge >= 0.3 is 0 Å². The SMILES string of the molecule is Brc1ccc(C2=NNC(c3ccc(Br)cc3)C2n2ccnc2)cc1. The number of halogens is 2. The van der Waals surface area contributed by atoms with Crippen LogP contribution in [0, 0.1) is 0 Å². The summed E-state index contributed by atoms with van der Waals surface area (Å²) in [6.45, 7) is 0. The molecule has 0 saturated heterocycles. The molecule has 1 N–H and O–H groups in total. The number of benzene rings is 2. The highest BCUT2D eigenvalue weighted by Crippen LogP contribution is 2.35. The van der Waals surface area contributed by atoms with Crippen LogP contribution in [0.2, 0.25) is 0 Å². The van der Waals surface area contributed by atoms with Gasteiger partial charge in [0.1, 0.15) is 6.04 Å². The number of nitrogens with zero attached hydrogens (tertiary/aromatic N) is 3. The molecule has 1 aliphatic rings. The molecule has 0 amide bonds. The van der Waals surface area contributed by atoms with E-state index in [1.165, 1.54) is 5.56 Å². The van der Waals surface area contributed by atoms with Crippen molar-refractivity contribution in [3.8, 4) is 0 Å². The molecule has 2 atom stereocenters. The van der Waals surface area contributed by atoms with Crippen molar-refractivity contribution < 1.29 is 0 Å². The Labute approximate surface area is 156 Å². The molecule has 4 nitrogen and oxygen atoms in total. The minimum absolute atomic E-state index is 0.0508. The van der Waals surface area contributed by atoms with Gasteiger partial charge in [-0.3, -0.25) is 5.43 Å². The third-order valence-corrected chi connectivity index (χ3v) is 5.19. The zero-order chi connectivity index (χ0) is 16.5. The summed E-state index contributed by atoms with van der Waals surface area (Å²) in [6, 6.07) is 16.7. The number of rotatable bonds is 3. The van der Waals surface area contributed by atoms with Gasteiger partial charge in [-0.05, 0) is 29.8 Å². The minimum Gasteiger partial charge on any atom is -0.326 e. The molecule has 3 aromatic rings. The van der Waals surface area contributed by atoms with Gasteiger partial charge < -0.3 is 4.57 Å². The summed E-state index contributed by atoms with van der Waals surface area (Å²) >= 11 is 6.98. The Morgan fingerprint density at radius 3 is 2.21 bits per heavy atom. The van der Waals surface area contributed by atoms with Gasteiger partial charge in [0, 0.05) is 26.9 Å². The maximum absolute atomic E-state index is 4.64. The highest BCUT2D eigenvalue weighted by atomic mass is 79.9. The van der Waals surface area contributed by atoms with Crippen molar-refractivity contribution in [2.24, 2.45) is 5.10 Å². The van der Waals surface area contributed by atoms with Gasteiger partial charge in [-0.15, -0.1) is 0 Å². The molecule has 0 saturated carbocycles. The summed E-state index contributed by atoms with van der Waals surface area (Å²) in [5.74, 6) is 0. The monoisotopic (exact) mass is 444 g/mol. The quantitative estimate of drug-likeness (QED) is 0.634. The van der Waals surface area contributed by atoms with Crippen LogP contribution in [0.4, 0.5) is 0 Å². The van der Waals surface area contributed by atoms with E-state index in [0.717, 1.165) is 20.2 Å². The third-order valence-electron chi connectivity index (χ3n) is 4.14. The topological polar surface area (TPSA) is 42.2 Å². The van der Waals surface area contributed by atoms with Crippen LogP contribution < -0.4 is 5.43 Å². The van der Waals surface area contributed by atoms with Crippen LogP contribution in [-0.2, 0) is 0 Å². The molecule has 1 aliphatic heterocycles. The summed E-state index contributed by atoms with van der Waals surface area (Å²) in [5, 5.41) is 4.64. The van der Waals surface area contributed by atoms with E-state index in [1.807, 2.05) is 24.7 Å². The highest BCUT2D eigenvalue weighted by Gasteiger charge is 2.34. The van der Waals surface area contributed by atoms with E-state index in [-0.39, 0.29) is 12.1 Å². The average Bonchev–Trinajstić information content (AvgIpc) is 3.25. The molecule has 2 unspecified atom stereocenters. The molecule has 24 heavy (non-hydrogen) atoms. The molecular weight excluding hydrogens is 432 g/mol. The number of hydrogen-bond acceptors (Lipinski definition) is 3. The van der Waals surface area contributed by atoms with E-state index in [2.05, 4.69) is 88.3 Å². The fourth-order valence-electron chi connectivity index (χ4n) is 2.96. The van der Waals surface area contributed by atoms with Crippen molar-refractivity contribution in [1.82, 2.24) is 15.0 Å². The summed E-state index contributed by atoms with van der Waals surface area (Å²) in [4.78, 5) is 4.22. The molecule has 2 heterocycles. The largest absolute Gasteiger partial charge is 0.326 e. The fraction of sp³-hybridized carbons (Fsp3) is 0.111. The second kappa shape index (κ2) is 6.53. The van der Waals surface area contributed by atoms with Crippen molar-refractivity contribution in [3.05, 3.63) is 87.3 Å². The summed E-state index contributed by atoms with van der Waals surface area (Å²) in [5.41, 5.74) is 6.60. The average molecular weight is 446 g/mol. The van der Waals surface area contributed by atoms with Gasteiger partial charge in [0.2, 0.25) is 0 Å². The summed E-state index contributed by atoms with van der Waals surface area (Å²) in [6.07, 6.45) is 5.63. The van der Waals surface area contributed by atoms with E-state index < -0.39 is 0 Å². The molecule has 0 spiro atoms. The standard InChI is InChI=1S/C18H14Br2N4/c19-14-5-1-12(2-6-14)16-18(24-10-9-21-11-24)17(23-22-16)13-3-7-15(20)8-4-13/h1-11,16,18,22H. The van der Waals surface area contributed by atoms with Crippen LogP contribution in [0.5, 0.6) is 0 Å². The maximum Gasteiger partial charge on any atom is 0.105 e. The van der Waals surface area contributed by atoms with Crippen LogP contribution in [0.15, 0.2) is 81.3 Å². The number of imidazole rings is 1. The molecule has 0 bridgehead atoms. The van der Waals surface area contributed by atoms with Crippen molar-refractivity contribution in [1.29, 1.82) is 0 Å². The highest BCUT2D eigenvalue weighted by molar-refractivity contribution is 9.10. The minimum atomic E-state index is 0.0508. The Morgan fingerprint density at radius 1 is 0.917 bits per heavy atom. The van der Waals surface area contributed by atoms with Crippen LogP contribution in [0.1, 0.15) is 23.2 Å². The lowest BCUT2D eigenvalue weighted by Crippen LogP contribution is -2.25. The molecule has 1 aromatic heterocycles. The van der Waals surface area contributed by atoms with Gasteiger partial charge in [0.15, 0.2) is 0 Å². The molecule has 120 valence electrons. The number of hydrogen-bond donors (Lipinski definition) is 1. The summed E-state index contributed by atoms with van der Waals surface area (Å²) < 4.78 is 4.23. The lowest BCUT2D eigenvalue weighted by Gasteiger charge is -2.22. The van der Waals surface area contributed by atoms with Crippen LogP contribution >= 0.6 is 31.9 Å². The molecule has 0 fully saturated rings. The van der Waals surface area contributed by atoms with Crippen molar-refractivity contribution in [2.45, 2.75) is 12.1 Å². The number of hydrazone groups is 1. The normalized spacial score (nSPS) is 19.8. The van der Waals surface area contributed by atoms with Gasteiger partial charge in [0.25, 0.3) is 0 Å². The molecule has 4 rings (SSSR count). The third kappa shape index (κ3) is 2.91. The Balaban J connectivity index is 1.75. The van der Waals surface area contributed by atoms with Crippen LogP contribution in [0.3, 0.4) is 0 Å². The van der Waals surface area contributed by atoms with Gasteiger partial charge in [-0.1, -0.05) is 56.1 Å². The summed E-state index contributed by atoms with van der Waals surface area (Å²) in [7, 11) is 0. The smallest absolute Gasteiger partial charge is 0.105 e.